The fourth-order valence-corrected chi connectivity index (χ4v) is 4.41. The minimum absolute atomic E-state index is 0.0900. The second-order valence-corrected chi connectivity index (χ2v) is 7.58. The number of benzene rings is 1. The number of aromatic nitrogens is 4. The molecule has 7 heteroatoms. The Morgan fingerprint density at radius 3 is 2.97 bits per heavy atom. The van der Waals surface area contributed by atoms with Gasteiger partial charge in [-0.05, 0) is 37.5 Å². The zero-order valence-corrected chi connectivity index (χ0v) is 16.5. The van der Waals surface area contributed by atoms with Gasteiger partial charge < -0.3 is 15.6 Å². The van der Waals surface area contributed by atoms with E-state index in [1.165, 1.54) is 12.4 Å². The largest absolute Gasteiger partial charge is 0.383 e. The number of carbonyl (C=O) groups is 1. The van der Waals surface area contributed by atoms with Crippen LogP contribution in [0.5, 0.6) is 0 Å². The van der Waals surface area contributed by atoms with E-state index < -0.39 is 0 Å². The van der Waals surface area contributed by atoms with E-state index in [1.54, 1.807) is 0 Å². The highest BCUT2D eigenvalue weighted by molar-refractivity contribution is 6.03. The number of nitrogens with two attached hydrogens (primary N) is 1. The van der Waals surface area contributed by atoms with Crippen LogP contribution in [0, 0.1) is 0 Å². The van der Waals surface area contributed by atoms with Gasteiger partial charge in [0.15, 0.2) is 0 Å². The number of fused-ring (bicyclic) bond motifs is 4. The van der Waals surface area contributed by atoms with Gasteiger partial charge >= 0.3 is 0 Å². The molecule has 30 heavy (non-hydrogen) atoms. The second-order valence-electron chi connectivity index (χ2n) is 7.58. The molecule has 5 rings (SSSR count). The topological polar surface area (TPSA) is 98.7 Å². The molecule has 3 N–H and O–H groups in total. The monoisotopic (exact) mass is 398 g/mol. The number of nitrogens with one attached hydrogen (secondary N) is 1. The van der Waals surface area contributed by atoms with Crippen molar-refractivity contribution in [1.82, 2.24) is 24.8 Å². The minimum atomic E-state index is -0.137. The third kappa shape index (κ3) is 2.99. The molecule has 7 nitrogen and oxygen atoms in total. The molecule has 150 valence electrons. The van der Waals surface area contributed by atoms with E-state index in [4.69, 9.17) is 5.73 Å². The zero-order valence-electron chi connectivity index (χ0n) is 16.5. The van der Waals surface area contributed by atoms with E-state index in [-0.39, 0.29) is 11.9 Å². The number of para-hydroxylation sites is 1. The van der Waals surface area contributed by atoms with Crippen LogP contribution in [0.15, 0.2) is 55.5 Å². The SMILES string of the molecule is C=CC(=O)N[C@H]1CCc2c(-c3cnc4ccccc4c3)c3c(N)ncnc3n2CC1. The lowest BCUT2D eigenvalue weighted by molar-refractivity contribution is -0.117. The molecule has 1 atom stereocenters. The van der Waals surface area contributed by atoms with Gasteiger partial charge in [-0.2, -0.15) is 0 Å². The molecule has 0 saturated heterocycles. The number of nitrogen functional groups attached to an aromatic ring is 1. The zero-order chi connectivity index (χ0) is 20.7. The number of carbonyl (C=O) groups excluding carboxylic acids is 1. The number of hydrogen-bond acceptors (Lipinski definition) is 5. The van der Waals surface area contributed by atoms with Gasteiger partial charge in [0.05, 0.1) is 10.9 Å². The number of hydrogen-bond donors (Lipinski definition) is 2. The minimum Gasteiger partial charge on any atom is -0.383 e. The first-order chi connectivity index (χ1) is 14.7. The van der Waals surface area contributed by atoms with Gasteiger partial charge in [-0.15, -0.1) is 0 Å². The highest BCUT2D eigenvalue weighted by Crippen LogP contribution is 2.39. The summed E-state index contributed by atoms with van der Waals surface area (Å²) in [6, 6.07) is 10.3. The molecular weight excluding hydrogens is 376 g/mol. The van der Waals surface area contributed by atoms with Crippen LogP contribution in [0.2, 0.25) is 0 Å². The summed E-state index contributed by atoms with van der Waals surface area (Å²) in [6.07, 6.45) is 7.16. The Balaban J connectivity index is 1.67. The summed E-state index contributed by atoms with van der Waals surface area (Å²) in [4.78, 5) is 25.3. The lowest BCUT2D eigenvalue weighted by atomic mass is 9.99. The van der Waals surface area contributed by atoms with Crippen molar-refractivity contribution in [3.05, 3.63) is 61.2 Å². The Morgan fingerprint density at radius 1 is 1.23 bits per heavy atom. The lowest BCUT2D eigenvalue weighted by Gasteiger charge is -2.14. The molecule has 3 aromatic heterocycles. The fourth-order valence-electron chi connectivity index (χ4n) is 4.41. The van der Waals surface area contributed by atoms with Crippen LogP contribution in [0.3, 0.4) is 0 Å². The van der Waals surface area contributed by atoms with Crippen LogP contribution in [-0.4, -0.2) is 31.5 Å². The van der Waals surface area contributed by atoms with Crippen LogP contribution >= 0.6 is 0 Å². The summed E-state index contributed by atoms with van der Waals surface area (Å²) in [6.45, 7) is 4.29. The fraction of sp³-hybridized carbons (Fsp3) is 0.217. The van der Waals surface area contributed by atoms with E-state index in [1.807, 2.05) is 24.4 Å². The molecule has 1 aliphatic heterocycles. The lowest BCUT2D eigenvalue weighted by Crippen LogP contribution is -2.33. The van der Waals surface area contributed by atoms with Crippen LogP contribution in [0.25, 0.3) is 33.1 Å². The van der Waals surface area contributed by atoms with Crippen molar-refractivity contribution in [3.8, 4) is 11.1 Å². The van der Waals surface area contributed by atoms with E-state index in [2.05, 4.69) is 43.5 Å². The number of nitrogens with zero attached hydrogens (tertiary/aromatic N) is 4. The van der Waals surface area contributed by atoms with Crippen molar-refractivity contribution in [3.63, 3.8) is 0 Å². The van der Waals surface area contributed by atoms with Gasteiger partial charge in [0.1, 0.15) is 17.8 Å². The third-order valence-electron chi connectivity index (χ3n) is 5.82. The van der Waals surface area contributed by atoms with Gasteiger partial charge in [0.2, 0.25) is 5.91 Å². The molecule has 0 unspecified atom stereocenters. The average molecular weight is 398 g/mol. The standard InChI is InChI=1S/C23H22N6O/c1-2-19(30)28-16-7-8-18-20(15-11-14-5-3-4-6-17(14)25-12-15)21-22(24)26-13-27-23(21)29(18)10-9-16/h2-6,11-13,16H,1,7-10H2,(H,28,30)(H2,24,26,27)/t16-/m0/s1. The van der Waals surface area contributed by atoms with Crippen molar-refractivity contribution in [2.45, 2.75) is 31.8 Å². The molecule has 0 bridgehead atoms. The maximum absolute atomic E-state index is 11.8. The number of amides is 1. The molecule has 1 aromatic carbocycles. The quantitative estimate of drug-likeness (QED) is 0.516. The van der Waals surface area contributed by atoms with Crippen molar-refractivity contribution in [2.75, 3.05) is 5.73 Å². The average Bonchev–Trinajstić information content (AvgIpc) is 2.95. The maximum atomic E-state index is 11.8. The third-order valence-corrected chi connectivity index (χ3v) is 5.82. The van der Waals surface area contributed by atoms with Crippen LogP contribution < -0.4 is 11.1 Å². The Bertz CT molecular complexity index is 1290. The molecular formula is C23H22N6O. The van der Waals surface area contributed by atoms with E-state index >= 15 is 0 Å². The summed E-state index contributed by atoms with van der Waals surface area (Å²) in [7, 11) is 0. The highest BCUT2D eigenvalue weighted by Gasteiger charge is 2.26. The molecule has 0 radical (unpaired) electrons. The molecule has 4 aromatic rings. The number of pyridine rings is 1. The predicted octanol–water partition coefficient (Wildman–Crippen LogP) is 3.24. The molecule has 0 saturated carbocycles. The number of rotatable bonds is 3. The van der Waals surface area contributed by atoms with Crippen molar-refractivity contribution < 1.29 is 4.79 Å². The van der Waals surface area contributed by atoms with Gasteiger partial charge in [-0.25, -0.2) is 9.97 Å². The van der Waals surface area contributed by atoms with Gasteiger partial charge in [-0.1, -0.05) is 24.8 Å². The summed E-state index contributed by atoms with van der Waals surface area (Å²) in [5.74, 6) is 0.335. The first kappa shape index (κ1) is 18.3. The van der Waals surface area contributed by atoms with Gasteiger partial charge in [-0.3, -0.25) is 9.78 Å². The molecule has 1 amide bonds. The second kappa shape index (κ2) is 7.26. The van der Waals surface area contributed by atoms with Gasteiger partial charge in [0.25, 0.3) is 0 Å². The van der Waals surface area contributed by atoms with Crippen LogP contribution in [-0.2, 0) is 17.8 Å². The van der Waals surface area contributed by atoms with Crippen molar-refractivity contribution in [1.29, 1.82) is 0 Å². The number of anilines is 1. The van der Waals surface area contributed by atoms with Crippen molar-refractivity contribution >= 4 is 33.7 Å². The predicted molar refractivity (Wildman–Crippen MR) is 118 cm³/mol. The Hall–Kier alpha value is -3.74. The van der Waals surface area contributed by atoms with E-state index in [0.29, 0.717) is 5.82 Å². The van der Waals surface area contributed by atoms with E-state index in [0.717, 1.165) is 64.6 Å². The summed E-state index contributed by atoms with van der Waals surface area (Å²) < 4.78 is 2.22. The smallest absolute Gasteiger partial charge is 0.243 e. The van der Waals surface area contributed by atoms with Crippen molar-refractivity contribution in [2.24, 2.45) is 0 Å². The molecule has 0 fully saturated rings. The first-order valence-corrected chi connectivity index (χ1v) is 10.1. The summed E-state index contributed by atoms with van der Waals surface area (Å²) in [5.41, 5.74) is 11.3. The maximum Gasteiger partial charge on any atom is 0.243 e. The number of aryl methyl sites for hydroxylation is 1. The molecule has 1 aliphatic rings. The Labute approximate surface area is 173 Å². The normalized spacial score (nSPS) is 16.2. The summed E-state index contributed by atoms with van der Waals surface area (Å²) >= 11 is 0. The first-order valence-electron chi connectivity index (χ1n) is 10.1. The molecule has 0 aliphatic carbocycles. The van der Waals surface area contributed by atoms with E-state index in [9.17, 15) is 4.79 Å². The van der Waals surface area contributed by atoms with Crippen LogP contribution in [0.4, 0.5) is 5.82 Å². The Morgan fingerprint density at radius 2 is 2.10 bits per heavy atom. The van der Waals surface area contributed by atoms with Gasteiger partial charge in [0, 0.05) is 41.0 Å². The van der Waals surface area contributed by atoms with Crippen LogP contribution in [0.1, 0.15) is 18.5 Å². The highest BCUT2D eigenvalue weighted by atomic mass is 16.1. The Kier molecular flexibility index (Phi) is 4.43. The molecule has 4 heterocycles. The molecule has 0 spiro atoms. The summed E-state index contributed by atoms with van der Waals surface area (Å²) in [5, 5.41) is 4.98.